The summed E-state index contributed by atoms with van der Waals surface area (Å²) in [5, 5.41) is 8.43. The van der Waals surface area contributed by atoms with Crippen molar-refractivity contribution < 1.29 is 23.1 Å². The Balaban J connectivity index is 2.41. The lowest BCUT2D eigenvalue weighted by Gasteiger charge is -2.21. The van der Waals surface area contributed by atoms with Gasteiger partial charge in [0.25, 0.3) is 0 Å². The maximum absolute atomic E-state index is 11.5. The van der Waals surface area contributed by atoms with Crippen molar-refractivity contribution in [2.45, 2.75) is 32.2 Å². The van der Waals surface area contributed by atoms with Gasteiger partial charge in [0.2, 0.25) is 15.9 Å². The van der Waals surface area contributed by atoms with Crippen molar-refractivity contribution in [1.29, 1.82) is 0 Å². The summed E-state index contributed by atoms with van der Waals surface area (Å²) < 4.78 is 25.4. The van der Waals surface area contributed by atoms with E-state index < -0.39 is 34.2 Å². The number of nitrogens with one attached hydrogen (secondary N) is 1. The first-order valence-electron chi connectivity index (χ1n) is 5.80. The van der Waals surface area contributed by atoms with E-state index in [4.69, 9.17) is 5.11 Å². The highest BCUT2D eigenvalue weighted by atomic mass is 32.2. The highest BCUT2D eigenvalue weighted by molar-refractivity contribution is 7.89. The van der Waals surface area contributed by atoms with Crippen LogP contribution in [0.15, 0.2) is 0 Å². The van der Waals surface area contributed by atoms with Crippen LogP contribution in [0.2, 0.25) is 0 Å². The SMILES string of the molecule is CC(CN1CCCC1=O)NS(=O)(=O)CCC(=O)O. The number of nitrogens with zero attached hydrogens (tertiary/aromatic N) is 1. The summed E-state index contributed by atoms with van der Waals surface area (Å²) in [6.07, 6.45) is 0.889. The van der Waals surface area contributed by atoms with Crippen LogP contribution in [0, 0.1) is 0 Å². The average molecular weight is 278 g/mol. The minimum Gasteiger partial charge on any atom is -0.481 e. The van der Waals surface area contributed by atoms with Gasteiger partial charge in [-0.2, -0.15) is 0 Å². The topological polar surface area (TPSA) is 104 Å². The number of likely N-dealkylation sites (tertiary alicyclic amines) is 1. The maximum Gasteiger partial charge on any atom is 0.304 e. The van der Waals surface area contributed by atoms with Crippen molar-refractivity contribution in [2.24, 2.45) is 0 Å². The van der Waals surface area contributed by atoms with Crippen LogP contribution < -0.4 is 4.72 Å². The van der Waals surface area contributed by atoms with Crippen LogP contribution >= 0.6 is 0 Å². The first-order chi connectivity index (χ1) is 8.30. The Bertz CT molecular complexity index is 420. The Kier molecular flexibility index (Phi) is 5.09. The summed E-state index contributed by atoms with van der Waals surface area (Å²) in [6.45, 7) is 2.63. The molecule has 8 heteroatoms. The Morgan fingerprint density at radius 1 is 1.56 bits per heavy atom. The molecule has 104 valence electrons. The van der Waals surface area contributed by atoms with E-state index in [0.29, 0.717) is 19.5 Å². The van der Waals surface area contributed by atoms with Crippen LogP contribution in [0.3, 0.4) is 0 Å². The summed E-state index contributed by atoms with van der Waals surface area (Å²) in [7, 11) is -3.60. The fourth-order valence-corrected chi connectivity index (χ4v) is 3.10. The third kappa shape index (κ3) is 5.01. The van der Waals surface area contributed by atoms with Crippen molar-refractivity contribution in [1.82, 2.24) is 9.62 Å². The quantitative estimate of drug-likeness (QED) is 0.646. The molecule has 1 rings (SSSR count). The van der Waals surface area contributed by atoms with Gasteiger partial charge in [-0.25, -0.2) is 13.1 Å². The maximum atomic E-state index is 11.5. The average Bonchev–Trinajstić information content (AvgIpc) is 2.61. The normalized spacial score (nSPS) is 18.1. The van der Waals surface area contributed by atoms with E-state index in [1.165, 1.54) is 0 Å². The van der Waals surface area contributed by atoms with E-state index in [-0.39, 0.29) is 5.91 Å². The van der Waals surface area contributed by atoms with Crippen molar-refractivity contribution in [3.05, 3.63) is 0 Å². The second-order valence-corrected chi connectivity index (χ2v) is 6.30. The molecule has 0 bridgehead atoms. The van der Waals surface area contributed by atoms with Crippen molar-refractivity contribution in [3.63, 3.8) is 0 Å². The highest BCUT2D eigenvalue weighted by Crippen LogP contribution is 2.10. The van der Waals surface area contributed by atoms with Crippen molar-refractivity contribution >= 4 is 21.9 Å². The summed E-state index contributed by atoms with van der Waals surface area (Å²) in [4.78, 5) is 23.3. The van der Waals surface area contributed by atoms with E-state index in [1.807, 2.05) is 0 Å². The van der Waals surface area contributed by atoms with Gasteiger partial charge in [0, 0.05) is 25.6 Å². The van der Waals surface area contributed by atoms with Gasteiger partial charge in [-0.15, -0.1) is 0 Å². The molecule has 0 aromatic carbocycles. The molecule has 1 heterocycles. The molecule has 1 unspecified atom stereocenters. The van der Waals surface area contributed by atoms with Crippen LogP contribution in [0.5, 0.6) is 0 Å². The van der Waals surface area contributed by atoms with Crippen LogP contribution in [-0.4, -0.2) is 55.2 Å². The molecule has 1 fully saturated rings. The van der Waals surface area contributed by atoms with E-state index in [0.717, 1.165) is 6.42 Å². The predicted molar refractivity (Wildman–Crippen MR) is 64.5 cm³/mol. The third-order valence-electron chi connectivity index (χ3n) is 2.63. The minimum atomic E-state index is -3.60. The van der Waals surface area contributed by atoms with Crippen molar-refractivity contribution in [3.8, 4) is 0 Å². The van der Waals surface area contributed by atoms with Gasteiger partial charge >= 0.3 is 5.97 Å². The second-order valence-electron chi connectivity index (χ2n) is 4.42. The van der Waals surface area contributed by atoms with Gasteiger partial charge in [-0.3, -0.25) is 9.59 Å². The minimum absolute atomic E-state index is 0.0339. The number of rotatable bonds is 7. The van der Waals surface area contributed by atoms with Gasteiger partial charge in [0.1, 0.15) is 0 Å². The number of hydrogen-bond acceptors (Lipinski definition) is 4. The van der Waals surface area contributed by atoms with E-state index in [2.05, 4.69) is 4.72 Å². The van der Waals surface area contributed by atoms with Gasteiger partial charge in [0.15, 0.2) is 0 Å². The standard InChI is InChI=1S/C10H18N2O5S/c1-8(7-12-5-2-3-9(12)13)11-18(16,17)6-4-10(14)15/h8,11H,2-7H2,1H3,(H,14,15). The molecule has 1 aliphatic heterocycles. The Hall–Kier alpha value is -1.15. The van der Waals surface area contributed by atoms with E-state index in [1.54, 1.807) is 11.8 Å². The smallest absolute Gasteiger partial charge is 0.304 e. The molecule has 1 amide bonds. The molecule has 0 aromatic heterocycles. The fraction of sp³-hybridized carbons (Fsp3) is 0.800. The summed E-state index contributed by atoms with van der Waals surface area (Å²) in [5.41, 5.74) is 0. The number of sulfonamides is 1. The van der Waals surface area contributed by atoms with Crippen LogP contribution in [0.1, 0.15) is 26.2 Å². The number of carboxylic acid groups (broad SMARTS) is 1. The monoisotopic (exact) mass is 278 g/mol. The first kappa shape index (κ1) is 14.9. The summed E-state index contributed by atoms with van der Waals surface area (Å²) in [5.74, 6) is -1.56. The second kappa shape index (κ2) is 6.14. The zero-order chi connectivity index (χ0) is 13.8. The summed E-state index contributed by atoms with van der Waals surface area (Å²) >= 11 is 0. The zero-order valence-electron chi connectivity index (χ0n) is 10.3. The lowest BCUT2D eigenvalue weighted by molar-refractivity contribution is -0.136. The highest BCUT2D eigenvalue weighted by Gasteiger charge is 2.24. The van der Waals surface area contributed by atoms with Gasteiger partial charge < -0.3 is 10.0 Å². The number of carboxylic acids is 1. The third-order valence-corrected chi connectivity index (χ3v) is 4.13. The number of aliphatic carboxylic acids is 1. The van der Waals surface area contributed by atoms with E-state index >= 15 is 0 Å². The number of carbonyl (C=O) groups is 2. The lowest BCUT2D eigenvalue weighted by Crippen LogP contribution is -2.43. The van der Waals surface area contributed by atoms with Gasteiger partial charge in [-0.05, 0) is 13.3 Å². The Labute approximate surface area is 106 Å². The molecular weight excluding hydrogens is 260 g/mol. The molecule has 18 heavy (non-hydrogen) atoms. The molecule has 0 radical (unpaired) electrons. The molecular formula is C10H18N2O5S. The molecule has 7 nitrogen and oxygen atoms in total. The van der Waals surface area contributed by atoms with Crippen molar-refractivity contribution in [2.75, 3.05) is 18.8 Å². The number of carbonyl (C=O) groups excluding carboxylic acids is 1. The molecule has 0 aromatic rings. The lowest BCUT2D eigenvalue weighted by atomic mass is 10.3. The largest absolute Gasteiger partial charge is 0.481 e. The molecule has 1 aliphatic rings. The molecule has 0 aliphatic carbocycles. The number of hydrogen-bond donors (Lipinski definition) is 2. The van der Waals surface area contributed by atoms with Crippen LogP contribution in [-0.2, 0) is 19.6 Å². The first-order valence-corrected chi connectivity index (χ1v) is 7.45. The molecule has 1 saturated heterocycles. The predicted octanol–water partition coefficient (Wildman–Crippen LogP) is -0.609. The Morgan fingerprint density at radius 3 is 2.72 bits per heavy atom. The fourth-order valence-electron chi connectivity index (χ4n) is 1.85. The van der Waals surface area contributed by atoms with Gasteiger partial charge in [0.05, 0.1) is 12.2 Å². The van der Waals surface area contributed by atoms with Crippen LogP contribution in [0.4, 0.5) is 0 Å². The molecule has 1 atom stereocenters. The number of amides is 1. The van der Waals surface area contributed by atoms with Crippen LogP contribution in [0.25, 0.3) is 0 Å². The summed E-state index contributed by atoms with van der Waals surface area (Å²) in [6, 6.07) is -0.411. The zero-order valence-corrected chi connectivity index (χ0v) is 11.1. The van der Waals surface area contributed by atoms with Gasteiger partial charge in [-0.1, -0.05) is 0 Å². The van der Waals surface area contributed by atoms with E-state index in [9.17, 15) is 18.0 Å². The molecule has 0 spiro atoms. The molecule has 0 saturated carbocycles. The molecule has 2 N–H and O–H groups in total. The Morgan fingerprint density at radius 2 is 2.22 bits per heavy atom.